The van der Waals surface area contributed by atoms with E-state index in [1.165, 1.54) is 38.4 Å². The number of aromatic nitrogens is 4. The van der Waals surface area contributed by atoms with Crippen LogP contribution in [0.3, 0.4) is 0 Å². The van der Waals surface area contributed by atoms with E-state index < -0.39 is 0 Å². The monoisotopic (exact) mass is 327 g/mol. The van der Waals surface area contributed by atoms with E-state index in [1.807, 2.05) is 13.8 Å². The van der Waals surface area contributed by atoms with Gasteiger partial charge in [-0.3, -0.25) is 4.79 Å². The molecule has 2 fully saturated rings. The summed E-state index contributed by atoms with van der Waals surface area (Å²) in [7, 11) is 0. The van der Waals surface area contributed by atoms with E-state index >= 15 is 0 Å². The normalized spacial score (nSPS) is 24.2. The lowest BCUT2D eigenvalue weighted by molar-refractivity contribution is -0.133. The molecule has 3 heterocycles. The van der Waals surface area contributed by atoms with Crippen molar-refractivity contribution in [2.75, 3.05) is 13.1 Å². The fourth-order valence-electron chi connectivity index (χ4n) is 4.50. The highest BCUT2D eigenvalue weighted by Crippen LogP contribution is 2.36. The number of hydrogen-bond donors (Lipinski definition) is 0. The topological polar surface area (TPSA) is 63.4 Å². The van der Waals surface area contributed by atoms with Crippen molar-refractivity contribution in [3.05, 3.63) is 23.3 Å². The minimum Gasteiger partial charge on any atom is -0.342 e. The van der Waals surface area contributed by atoms with Crippen LogP contribution in [0.15, 0.2) is 6.33 Å². The molecule has 1 aliphatic carbocycles. The Hall–Kier alpha value is -1.98. The summed E-state index contributed by atoms with van der Waals surface area (Å²) in [4.78, 5) is 23.6. The van der Waals surface area contributed by atoms with Crippen LogP contribution < -0.4 is 0 Å². The first-order valence-corrected chi connectivity index (χ1v) is 9.07. The Bertz CT molecular complexity index is 768. The summed E-state index contributed by atoms with van der Waals surface area (Å²) in [6.07, 6.45) is 8.45. The van der Waals surface area contributed by atoms with Gasteiger partial charge in [-0.05, 0) is 38.5 Å². The number of fused-ring (bicyclic) bond motifs is 2. The molecule has 128 valence electrons. The molecule has 2 aliphatic rings. The number of hydrogen-bond acceptors (Lipinski definition) is 4. The molecular formula is C18H25N5O. The summed E-state index contributed by atoms with van der Waals surface area (Å²) in [6, 6.07) is 0. The third-order valence-electron chi connectivity index (χ3n) is 5.96. The second-order valence-corrected chi connectivity index (χ2v) is 7.34. The van der Waals surface area contributed by atoms with Crippen LogP contribution >= 0.6 is 0 Å². The second-order valence-electron chi connectivity index (χ2n) is 7.34. The molecule has 1 saturated carbocycles. The highest BCUT2D eigenvalue weighted by Gasteiger charge is 2.33. The van der Waals surface area contributed by atoms with Crippen LogP contribution in [0.4, 0.5) is 0 Å². The molecule has 6 heteroatoms. The molecule has 2 aromatic rings. The Kier molecular flexibility index (Phi) is 3.98. The standard InChI is InChI=1S/C18H25N5O/c1-12-16(13(2)23-18(21-12)19-11-20-23)9-17(24)22-8-7-14-5-3-4-6-15(14)10-22/h11,14-15H,3-10H2,1-2H3. The van der Waals surface area contributed by atoms with Gasteiger partial charge in [-0.1, -0.05) is 19.3 Å². The van der Waals surface area contributed by atoms with Crippen LogP contribution in [-0.4, -0.2) is 43.5 Å². The van der Waals surface area contributed by atoms with E-state index in [9.17, 15) is 4.79 Å². The molecule has 2 aromatic heterocycles. The van der Waals surface area contributed by atoms with Gasteiger partial charge in [0.05, 0.1) is 6.42 Å². The molecule has 0 N–H and O–H groups in total. The van der Waals surface area contributed by atoms with Crippen molar-refractivity contribution in [2.24, 2.45) is 11.8 Å². The van der Waals surface area contributed by atoms with Crippen molar-refractivity contribution in [3.8, 4) is 0 Å². The average Bonchev–Trinajstić information content (AvgIpc) is 3.06. The molecule has 2 unspecified atom stereocenters. The van der Waals surface area contributed by atoms with Crippen LogP contribution in [0.1, 0.15) is 49.1 Å². The van der Waals surface area contributed by atoms with Crippen LogP contribution in [0.25, 0.3) is 5.78 Å². The zero-order valence-electron chi connectivity index (χ0n) is 14.5. The quantitative estimate of drug-likeness (QED) is 0.849. The smallest absolute Gasteiger partial charge is 0.252 e. The van der Waals surface area contributed by atoms with E-state index in [4.69, 9.17) is 0 Å². The third kappa shape index (κ3) is 2.68. The number of piperidine rings is 1. The molecular weight excluding hydrogens is 302 g/mol. The number of carbonyl (C=O) groups is 1. The largest absolute Gasteiger partial charge is 0.342 e. The Morgan fingerprint density at radius 3 is 2.83 bits per heavy atom. The minimum atomic E-state index is 0.228. The Morgan fingerprint density at radius 1 is 1.21 bits per heavy atom. The van der Waals surface area contributed by atoms with E-state index in [0.717, 1.165) is 41.9 Å². The fourth-order valence-corrected chi connectivity index (χ4v) is 4.50. The third-order valence-corrected chi connectivity index (χ3v) is 5.96. The van der Waals surface area contributed by atoms with E-state index in [0.29, 0.717) is 12.2 Å². The molecule has 24 heavy (non-hydrogen) atoms. The van der Waals surface area contributed by atoms with Gasteiger partial charge in [0.2, 0.25) is 5.91 Å². The van der Waals surface area contributed by atoms with Crippen LogP contribution in [0.5, 0.6) is 0 Å². The van der Waals surface area contributed by atoms with Gasteiger partial charge in [-0.15, -0.1) is 0 Å². The summed E-state index contributed by atoms with van der Waals surface area (Å²) in [5.41, 5.74) is 2.84. The number of amides is 1. The molecule has 0 bridgehead atoms. The van der Waals surface area contributed by atoms with Gasteiger partial charge in [-0.2, -0.15) is 10.1 Å². The number of likely N-dealkylation sites (tertiary alicyclic amines) is 1. The highest BCUT2D eigenvalue weighted by atomic mass is 16.2. The maximum Gasteiger partial charge on any atom is 0.252 e. The fraction of sp³-hybridized carbons (Fsp3) is 0.667. The van der Waals surface area contributed by atoms with Crippen molar-refractivity contribution >= 4 is 11.7 Å². The summed E-state index contributed by atoms with van der Waals surface area (Å²) in [5, 5.41) is 4.21. The first-order chi connectivity index (χ1) is 11.6. The van der Waals surface area contributed by atoms with Crippen molar-refractivity contribution in [1.82, 2.24) is 24.5 Å². The molecule has 1 amide bonds. The molecule has 2 atom stereocenters. The summed E-state index contributed by atoms with van der Waals surface area (Å²) < 4.78 is 1.73. The summed E-state index contributed by atoms with van der Waals surface area (Å²) >= 11 is 0. The van der Waals surface area contributed by atoms with Gasteiger partial charge in [0.25, 0.3) is 5.78 Å². The Labute approximate surface area is 142 Å². The minimum absolute atomic E-state index is 0.228. The lowest BCUT2D eigenvalue weighted by atomic mass is 9.75. The Morgan fingerprint density at radius 2 is 2.00 bits per heavy atom. The zero-order valence-corrected chi connectivity index (χ0v) is 14.5. The average molecular weight is 327 g/mol. The van der Waals surface area contributed by atoms with Gasteiger partial charge in [0.1, 0.15) is 6.33 Å². The molecule has 4 rings (SSSR count). The number of nitrogens with zero attached hydrogens (tertiary/aromatic N) is 5. The molecule has 1 saturated heterocycles. The van der Waals surface area contributed by atoms with E-state index in [-0.39, 0.29) is 5.91 Å². The first kappa shape index (κ1) is 15.5. The van der Waals surface area contributed by atoms with E-state index in [1.54, 1.807) is 4.52 Å². The van der Waals surface area contributed by atoms with Gasteiger partial charge in [0.15, 0.2) is 0 Å². The molecule has 0 spiro atoms. The number of rotatable bonds is 2. The Balaban J connectivity index is 1.52. The second kappa shape index (κ2) is 6.15. The highest BCUT2D eigenvalue weighted by molar-refractivity contribution is 5.79. The first-order valence-electron chi connectivity index (χ1n) is 9.07. The maximum absolute atomic E-state index is 12.9. The van der Waals surface area contributed by atoms with E-state index in [2.05, 4.69) is 20.0 Å². The lowest BCUT2D eigenvalue weighted by Crippen LogP contribution is -2.45. The predicted molar refractivity (Wildman–Crippen MR) is 90.6 cm³/mol. The van der Waals surface area contributed by atoms with Crippen molar-refractivity contribution < 1.29 is 4.79 Å². The van der Waals surface area contributed by atoms with Gasteiger partial charge < -0.3 is 4.90 Å². The summed E-state index contributed by atoms with van der Waals surface area (Å²) in [5.74, 6) is 2.39. The maximum atomic E-state index is 12.9. The zero-order chi connectivity index (χ0) is 16.7. The number of carbonyl (C=O) groups excluding carboxylic acids is 1. The SMILES string of the molecule is Cc1nc2ncnn2c(C)c1CC(=O)N1CCC2CCCCC2C1. The van der Waals surface area contributed by atoms with Gasteiger partial charge >= 0.3 is 0 Å². The predicted octanol–water partition coefficient (Wildman–Crippen LogP) is 2.32. The van der Waals surface area contributed by atoms with Gasteiger partial charge in [0, 0.05) is 30.0 Å². The van der Waals surface area contributed by atoms with Gasteiger partial charge in [-0.25, -0.2) is 9.50 Å². The van der Waals surface area contributed by atoms with Crippen LogP contribution in [-0.2, 0) is 11.2 Å². The molecule has 0 aromatic carbocycles. The lowest BCUT2D eigenvalue weighted by Gasteiger charge is -2.41. The van der Waals surface area contributed by atoms with Crippen molar-refractivity contribution in [2.45, 2.75) is 52.4 Å². The summed E-state index contributed by atoms with van der Waals surface area (Å²) in [6.45, 7) is 5.81. The number of aryl methyl sites for hydroxylation is 2. The van der Waals surface area contributed by atoms with Crippen LogP contribution in [0.2, 0.25) is 0 Å². The molecule has 6 nitrogen and oxygen atoms in total. The van der Waals surface area contributed by atoms with Crippen molar-refractivity contribution in [1.29, 1.82) is 0 Å². The van der Waals surface area contributed by atoms with Crippen molar-refractivity contribution in [3.63, 3.8) is 0 Å². The molecule has 1 aliphatic heterocycles. The van der Waals surface area contributed by atoms with Crippen LogP contribution in [0, 0.1) is 25.7 Å². The molecule has 0 radical (unpaired) electrons.